The molecule has 2 heterocycles. The van der Waals surface area contributed by atoms with Gasteiger partial charge < -0.3 is 15.0 Å². The average molecular weight is 266 g/mol. The molecule has 1 aliphatic carbocycles. The van der Waals surface area contributed by atoms with Gasteiger partial charge in [0.25, 0.3) is 0 Å². The number of ether oxygens (including phenoxy) is 1. The Morgan fingerprint density at radius 3 is 2.63 bits per heavy atom. The molecular weight excluding hydrogens is 236 g/mol. The molecular formula is C16H30N2O. The summed E-state index contributed by atoms with van der Waals surface area (Å²) in [7, 11) is 0. The topological polar surface area (TPSA) is 24.5 Å². The Bertz CT molecular complexity index is 290. The summed E-state index contributed by atoms with van der Waals surface area (Å²) in [5.41, 5.74) is 0. The first-order chi connectivity index (χ1) is 9.24. The van der Waals surface area contributed by atoms with Crippen molar-refractivity contribution in [3.8, 4) is 0 Å². The van der Waals surface area contributed by atoms with Crippen molar-refractivity contribution in [2.24, 2.45) is 5.92 Å². The highest BCUT2D eigenvalue weighted by Gasteiger charge is 2.41. The molecule has 3 unspecified atom stereocenters. The molecule has 0 aromatic carbocycles. The van der Waals surface area contributed by atoms with Gasteiger partial charge in [-0.15, -0.1) is 0 Å². The molecule has 1 saturated carbocycles. The van der Waals surface area contributed by atoms with Crippen molar-refractivity contribution in [2.75, 3.05) is 19.7 Å². The molecule has 3 aliphatic rings. The fourth-order valence-corrected chi connectivity index (χ4v) is 3.78. The van der Waals surface area contributed by atoms with Crippen LogP contribution in [0.25, 0.3) is 0 Å². The lowest BCUT2D eigenvalue weighted by atomic mass is 10.0. The van der Waals surface area contributed by atoms with E-state index in [1.807, 2.05) is 0 Å². The molecule has 0 aromatic rings. The van der Waals surface area contributed by atoms with Gasteiger partial charge in [0.2, 0.25) is 0 Å². The van der Waals surface area contributed by atoms with Crippen LogP contribution in [0.15, 0.2) is 0 Å². The fraction of sp³-hybridized carbons (Fsp3) is 1.00. The van der Waals surface area contributed by atoms with Crippen LogP contribution < -0.4 is 5.32 Å². The third-order valence-corrected chi connectivity index (χ3v) is 5.17. The highest BCUT2D eigenvalue weighted by atomic mass is 16.5. The molecule has 3 nitrogen and oxygen atoms in total. The standard InChI is InChI=1S/C16H30N2O/c1-12(2)18-9-3-4-14(7-10-18)17-15-8-11-19-16(15)13-5-6-13/h12-17H,3-11H2,1-2H3. The smallest absolute Gasteiger partial charge is 0.0757 e. The van der Waals surface area contributed by atoms with Gasteiger partial charge >= 0.3 is 0 Å². The summed E-state index contributed by atoms with van der Waals surface area (Å²) >= 11 is 0. The van der Waals surface area contributed by atoms with E-state index in [4.69, 9.17) is 4.74 Å². The Balaban J connectivity index is 1.49. The van der Waals surface area contributed by atoms with Crippen molar-refractivity contribution in [1.29, 1.82) is 0 Å². The van der Waals surface area contributed by atoms with Crippen LogP contribution >= 0.6 is 0 Å². The minimum Gasteiger partial charge on any atom is -0.376 e. The first kappa shape index (κ1) is 13.8. The Labute approximate surface area is 118 Å². The second-order valence-electron chi connectivity index (χ2n) is 6.99. The van der Waals surface area contributed by atoms with Crippen molar-refractivity contribution < 1.29 is 4.74 Å². The molecule has 3 rings (SSSR count). The Morgan fingerprint density at radius 1 is 1.05 bits per heavy atom. The van der Waals surface area contributed by atoms with Crippen LogP contribution in [0.3, 0.4) is 0 Å². The van der Waals surface area contributed by atoms with Crippen LogP contribution in [0.5, 0.6) is 0 Å². The molecule has 19 heavy (non-hydrogen) atoms. The summed E-state index contributed by atoms with van der Waals surface area (Å²) in [5.74, 6) is 0.873. The van der Waals surface area contributed by atoms with Gasteiger partial charge in [-0.05, 0) is 71.4 Å². The number of nitrogens with zero attached hydrogens (tertiary/aromatic N) is 1. The van der Waals surface area contributed by atoms with Gasteiger partial charge in [-0.3, -0.25) is 0 Å². The van der Waals surface area contributed by atoms with Crippen molar-refractivity contribution in [2.45, 2.75) is 76.6 Å². The maximum absolute atomic E-state index is 5.95. The number of likely N-dealkylation sites (tertiary alicyclic amines) is 1. The van der Waals surface area contributed by atoms with Crippen LogP contribution in [-0.4, -0.2) is 48.8 Å². The third-order valence-electron chi connectivity index (χ3n) is 5.17. The summed E-state index contributed by atoms with van der Waals surface area (Å²) in [4.78, 5) is 2.63. The van der Waals surface area contributed by atoms with Crippen LogP contribution in [-0.2, 0) is 4.74 Å². The van der Waals surface area contributed by atoms with Gasteiger partial charge in [-0.2, -0.15) is 0 Å². The third kappa shape index (κ3) is 3.50. The minimum absolute atomic E-state index is 0.532. The Hall–Kier alpha value is -0.120. The largest absolute Gasteiger partial charge is 0.376 e. The molecule has 1 N–H and O–H groups in total. The quantitative estimate of drug-likeness (QED) is 0.845. The van der Waals surface area contributed by atoms with E-state index in [-0.39, 0.29) is 0 Å². The SMILES string of the molecule is CC(C)N1CCCC(NC2CCOC2C2CC2)CC1. The minimum atomic E-state index is 0.532. The van der Waals surface area contributed by atoms with Gasteiger partial charge in [0.05, 0.1) is 6.10 Å². The van der Waals surface area contributed by atoms with Gasteiger partial charge in [-0.1, -0.05) is 0 Å². The van der Waals surface area contributed by atoms with Crippen molar-refractivity contribution in [3.05, 3.63) is 0 Å². The summed E-state index contributed by atoms with van der Waals surface area (Å²) in [5, 5.41) is 3.94. The molecule has 0 spiro atoms. The Morgan fingerprint density at radius 2 is 1.89 bits per heavy atom. The van der Waals surface area contributed by atoms with E-state index in [1.165, 1.54) is 51.6 Å². The monoisotopic (exact) mass is 266 g/mol. The maximum Gasteiger partial charge on any atom is 0.0757 e. The molecule has 0 amide bonds. The molecule has 3 atom stereocenters. The van der Waals surface area contributed by atoms with Crippen molar-refractivity contribution in [1.82, 2.24) is 10.2 Å². The van der Waals surface area contributed by atoms with E-state index in [9.17, 15) is 0 Å². The molecule has 3 fully saturated rings. The predicted octanol–water partition coefficient (Wildman–Crippen LogP) is 2.41. The normalized spacial score (nSPS) is 37.7. The number of hydrogen-bond acceptors (Lipinski definition) is 3. The molecule has 0 radical (unpaired) electrons. The molecule has 2 aliphatic heterocycles. The maximum atomic E-state index is 5.95. The average Bonchev–Trinajstić information content (AvgIpc) is 3.16. The summed E-state index contributed by atoms with van der Waals surface area (Å²) < 4.78 is 5.95. The van der Waals surface area contributed by atoms with Crippen LogP contribution in [0, 0.1) is 5.92 Å². The zero-order valence-electron chi connectivity index (χ0n) is 12.6. The number of rotatable bonds is 4. The highest BCUT2D eigenvalue weighted by molar-refractivity contribution is 4.95. The zero-order valence-corrected chi connectivity index (χ0v) is 12.6. The second-order valence-corrected chi connectivity index (χ2v) is 6.99. The number of nitrogens with one attached hydrogen (secondary N) is 1. The predicted molar refractivity (Wildman–Crippen MR) is 78.4 cm³/mol. The number of hydrogen-bond donors (Lipinski definition) is 1. The van der Waals surface area contributed by atoms with E-state index in [0.29, 0.717) is 18.2 Å². The summed E-state index contributed by atoms with van der Waals surface area (Å²) in [6.45, 7) is 8.16. The van der Waals surface area contributed by atoms with Gasteiger partial charge in [0, 0.05) is 24.7 Å². The molecule has 0 aromatic heterocycles. The van der Waals surface area contributed by atoms with Gasteiger partial charge in [0.1, 0.15) is 0 Å². The first-order valence-corrected chi connectivity index (χ1v) is 8.35. The van der Waals surface area contributed by atoms with Gasteiger partial charge in [0.15, 0.2) is 0 Å². The van der Waals surface area contributed by atoms with E-state index in [2.05, 4.69) is 24.1 Å². The summed E-state index contributed by atoms with van der Waals surface area (Å²) in [6.07, 6.45) is 8.56. The molecule has 3 heteroatoms. The van der Waals surface area contributed by atoms with Crippen molar-refractivity contribution in [3.63, 3.8) is 0 Å². The van der Waals surface area contributed by atoms with Crippen LogP contribution in [0.2, 0.25) is 0 Å². The summed E-state index contributed by atoms with van der Waals surface area (Å²) in [6, 6.07) is 2.06. The molecule has 0 bridgehead atoms. The second kappa shape index (κ2) is 6.11. The molecule has 110 valence electrons. The van der Waals surface area contributed by atoms with Crippen molar-refractivity contribution >= 4 is 0 Å². The molecule has 2 saturated heterocycles. The fourth-order valence-electron chi connectivity index (χ4n) is 3.78. The van der Waals surface area contributed by atoms with E-state index in [1.54, 1.807) is 0 Å². The van der Waals surface area contributed by atoms with E-state index in [0.717, 1.165) is 18.6 Å². The lowest BCUT2D eigenvalue weighted by Gasteiger charge is -2.26. The lowest BCUT2D eigenvalue weighted by molar-refractivity contribution is 0.0783. The Kier molecular flexibility index (Phi) is 4.45. The zero-order chi connectivity index (χ0) is 13.2. The van der Waals surface area contributed by atoms with E-state index >= 15 is 0 Å². The van der Waals surface area contributed by atoms with Crippen LogP contribution in [0.4, 0.5) is 0 Å². The van der Waals surface area contributed by atoms with E-state index < -0.39 is 0 Å². The van der Waals surface area contributed by atoms with Crippen LogP contribution in [0.1, 0.15) is 52.4 Å². The van der Waals surface area contributed by atoms with Gasteiger partial charge in [-0.25, -0.2) is 0 Å². The highest BCUT2D eigenvalue weighted by Crippen LogP contribution is 2.39. The lowest BCUT2D eigenvalue weighted by Crippen LogP contribution is -2.44. The first-order valence-electron chi connectivity index (χ1n) is 8.35.